The molecule has 0 unspecified atom stereocenters. The van der Waals surface area contributed by atoms with E-state index in [1.807, 2.05) is 51.1 Å². The first-order valence-corrected chi connectivity index (χ1v) is 18.9. The number of sulfonamides is 1. The third kappa shape index (κ3) is 8.59. The normalized spacial score (nSPS) is 13.6. The molecule has 0 saturated heterocycles. The number of fused-ring (bicyclic) bond motifs is 2. The number of nitrogens with zero attached hydrogens (tertiary/aromatic N) is 3. The van der Waals surface area contributed by atoms with Crippen molar-refractivity contribution >= 4 is 44.3 Å². The summed E-state index contributed by atoms with van der Waals surface area (Å²) >= 11 is 0. The van der Waals surface area contributed by atoms with Gasteiger partial charge >= 0.3 is 0 Å². The molecule has 11 nitrogen and oxygen atoms in total. The van der Waals surface area contributed by atoms with Crippen molar-refractivity contribution in [2.45, 2.75) is 64.4 Å². The second kappa shape index (κ2) is 14.8. The molecule has 1 aliphatic rings. The van der Waals surface area contributed by atoms with Gasteiger partial charge in [0.2, 0.25) is 10.0 Å². The SMILES string of the molecule is CC(C)(C)Oc1ccc(C[C@@H](CN2C(=O)c3ccccc3C2=O)NC(=O)c2cc(NS(=O)(=O)C(C)(C)C)c3cc(C#Cc4ccccn4)ccc3n2)cc1. The Kier molecular flexibility index (Phi) is 10.3. The lowest BCUT2D eigenvalue weighted by molar-refractivity contribution is 0.0628. The Balaban J connectivity index is 1.35. The van der Waals surface area contributed by atoms with E-state index in [-0.39, 0.29) is 24.3 Å². The molecule has 1 aliphatic heterocycles. The second-order valence-electron chi connectivity index (χ2n) is 15.0. The summed E-state index contributed by atoms with van der Waals surface area (Å²) in [6, 6.07) is 25.1. The Morgan fingerprint density at radius 2 is 1.52 bits per heavy atom. The number of anilines is 1. The molecule has 0 saturated carbocycles. The summed E-state index contributed by atoms with van der Waals surface area (Å²) in [5.41, 5.74) is 2.61. The first kappa shape index (κ1) is 37.7. The highest BCUT2D eigenvalue weighted by atomic mass is 32.2. The molecule has 3 amide bonds. The maximum Gasteiger partial charge on any atom is 0.270 e. The van der Waals surface area contributed by atoms with Crippen LogP contribution in [0.15, 0.2) is 97.2 Å². The topological polar surface area (TPSA) is 148 Å². The molecular weight excluding hydrogens is 703 g/mol. The van der Waals surface area contributed by atoms with Gasteiger partial charge < -0.3 is 10.1 Å². The lowest BCUT2D eigenvalue weighted by atomic mass is 10.0. The van der Waals surface area contributed by atoms with Crippen molar-refractivity contribution in [3.8, 4) is 17.6 Å². The number of aromatic nitrogens is 2. The molecule has 276 valence electrons. The van der Waals surface area contributed by atoms with Crippen LogP contribution < -0.4 is 14.8 Å². The van der Waals surface area contributed by atoms with E-state index in [0.29, 0.717) is 39.0 Å². The molecule has 0 radical (unpaired) electrons. The molecule has 0 bridgehead atoms. The number of amides is 3. The van der Waals surface area contributed by atoms with Crippen LogP contribution in [0.25, 0.3) is 10.9 Å². The third-order valence-electron chi connectivity index (χ3n) is 8.54. The fraction of sp³-hybridized carbons (Fsp3) is 0.262. The molecule has 0 fully saturated rings. The number of nitrogens with one attached hydrogen (secondary N) is 2. The van der Waals surface area contributed by atoms with Gasteiger partial charge in [0.15, 0.2) is 0 Å². The minimum atomic E-state index is -3.93. The zero-order valence-electron chi connectivity index (χ0n) is 30.9. The summed E-state index contributed by atoms with van der Waals surface area (Å²) in [5.74, 6) is 5.20. The fourth-order valence-corrected chi connectivity index (χ4v) is 6.52. The predicted molar refractivity (Wildman–Crippen MR) is 208 cm³/mol. The molecule has 6 rings (SSSR count). The number of hydrogen-bond acceptors (Lipinski definition) is 8. The van der Waals surface area contributed by atoms with E-state index in [4.69, 9.17) is 4.74 Å². The van der Waals surface area contributed by atoms with E-state index in [0.717, 1.165) is 10.5 Å². The Morgan fingerprint density at radius 1 is 0.852 bits per heavy atom. The zero-order valence-corrected chi connectivity index (χ0v) is 31.7. The van der Waals surface area contributed by atoms with Crippen LogP contribution in [0.5, 0.6) is 5.75 Å². The number of pyridine rings is 2. The maximum absolute atomic E-state index is 14.1. The molecule has 1 atom stereocenters. The van der Waals surface area contributed by atoms with Gasteiger partial charge in [0.05, 0.1) is 33.1 Å². The van der Waals surface area contributed by atoms with Gasteiger partial charge in [0.1, 0.15) is 22.7 Å². The van der Waals surface area contributed by atoms with Gasteiger partial charge in [-0.15, -0.1) is 0 Å². The molecular formula is C42H41N5O6S. The minimum Gasteiger partial charge on any atom is -0.488 e. The highest BCUT2D eigenvalue weighted by Crippen LogP contribution is 2.29. The Morgan fingerprint density at radius 3 is 2.13 bits per heavy atom. The average Bonchev–Trinajstić information content (AvgIpc) is 3.35. The van der Waals surface area contributed by atoms with Crippen LogP contribution in [-0.4, -0.2) is 63.9 Å². The third-order valence-corrected chi connectivity index (χ3v) is 10.6. The fourth-order valence-electron chi connectivity index (χ4n) is 5.75. The van der Waals surface area contributed by atoms with E-state index < -0.39 is 44.1 Å². The van der Waals surface area contributed by atoms with Gasteiger partial charge in [-0.1, -0.05) is 36.3 Å². The summed E-state index contributed by atoms with van der Waals surface area (Å²) in [5, 5.41) is 3.42. The van der Waals surface area contributed by atoms with Crippen LogP contribution >= 0.6 is 0 Å². The quantitative estimate of drug-likeness (QED) is 0.131. The first-order chi connectivity index (χ1) is 25.5. The molecule has 2 N–H and O–H groups in total. The number of ether oxygens (including phenoxy) is 1. The molecule has 54 heavy (non-hydrogen) atoms. The lowest BCUT2D eigenvalue weighted by Crippen LogP contribution is -2.47. The maximum atomic E-state index is 14.1. The van der Waals surface area contributed by atoms with Gasteiger partial charge in [-0.3, -0.25) is 24.0 Å². The molecule has 2 aromatic heterocycles. The van der Waals surface area contributed by atoms with Gasteiger partial charge in [0, 0.05) is 23.7 Å². The number of carbonyl (C=O) groups is 3. The Labute approximate surface area is 315 Å². The summed E-state index contributed by atoms with van der Waals surface area (Å²) in [7, 11) is -3.93. The van der Waals surface area contributed by atoms with Crippen LogP contribution in [0.4, 0.5) is 5.69 Å². The van der Waals surface area contributed by atoms with Crippen LogP contribution in [0.3, 0.4) is 0 Å². The van der Waals surface area contributed by atoms with Crippen LogP contribution in [0.2, 0.25) is 0 Å². The summed E-state index contributed by atoms with van der Waals surface area (Å²) in [4.78, 5) is 50.8. The van der Waals surface area contributed by atoms with Gasteiger partial charge in [0.25, 0.3) is 17.7 Å². The molecule has 0 spiro atoms. The Bertz CT molecular complexity index is 2390. The Hall–Kier alpha value is -6.06. The van der Waals surface area contributed by atoms with Crippen molar-refractivity contribution in [3.05, 3.63) is 131 Å². The minimum absolute atomic E-state index is 0.0669. The monoisotopic (exact) mass is 743 g/mol. The van der Waals surface area contributed by atoms with Crippen molar-refractivity contribution in [1.29, 1.82) is 0 Å². The highest BCUT2D eigenvalue weighted by molar-refractivity contribution is 7.94. The predicted octanol–water partition coefficient (Wildman–Crippen LogP) is 6.38. The molecule has 5 aromatic rings. The van der Waals surface area contributed by atoms with E-state index in [1.54, 1.807) is 81.6 Å². The van der Waals surface area contributed by atoms with E-state index in [1.165, 1.54) is 6.07 Å². The van der Waals surface area contributed by atoms with Crippen LogP contribution in [-0.2, 0) is 16.4 Å². The first-order valence-electron chi connectivity index (χ1n) is 17.4. The molecule has 3 aromatic carbocycles. The van der Waals surface area contributed by atoms with Crippen molar-refractivity contribution in [2.75, 3.05) is 11.3 Å². The number of rotatable bonds is 9. The highest BCUT2D eigenvalue weighted by Gasteiger charge is 2.37. The smallest absolute Gasteiger partial charge is 0.270 e. The van der Waals surface area contributed by atoms with Crippen molar-refractivity contribution in [1.82, 2.24) is 20.2 Å². The van der Waals surface area contributed by atoms with Crippen molar-refractivity contribution < 1.29 is 27.5 Å². The lowest BCUT2D eigenvalue weighted by Gasteiger charge is -2.25. The van der Waals surface area contributed by atoms with Crippen molar-refractivity contribution in [3.63, 3.8) is 0 Å². The summed E-state index contributed by atoms with van der Waals surface area (Å²) in [6.07, 6.45) is 1.90. The van der Waals surface area contributed by atoms with E-state index in [2.05, 4.69) is 31.8 Å². The van der Waals surface area contributed by atoms with Crippen LogP contribution in [0, 0.1) is 11.8 Å². The van der Waals surface area contributed by atoms with Gasteiger partial charge in [-0.05, 0) is 120 Å². The van der Waals surface area contributed by atoms with Gasteiger partial charge in [-0.25, -0.2) is 18.4 Å². The van der Waals surface area contributed by atoms with E-state index in [9.17, 15) is 22.8 Å². The standard InChI is InChI=1S/C42H41N5O6S/c1-41(2,3)53-31-19-15-27(16-20-31)23-30(26-47-39(49)32-12-7-8-13-33(32)40(47)50)44-38(48)37-25-36(46-54(51,52)42(4,5)6)34-24-28(17-21-35(34)45-37)14-18-29-11-9-10-22-43-29/h7-13,15-17,19-22,24-25,30H,23,26H2,1-6H3,(H,44,48)(H,45,46)/t30-/m0/s1. The number of hydrogen-bond donors (Lipinski definition) is 2. The average molecular weight is 744 g/mol. The van der Waals surface area contributed by atoms with Crippen LogP contribution in [0.1, 0.15) is 89.6 Å². The number of imide groups is 1. The molecule has 12 heteroatoms. The number of carbonyl (C=O) groups excluding carboxylic acids is 3. The molecule has 0 aliphatic carbocycles. The zero-order chi connectivity index (χ0) is 38.8. The largest absolute Gasteiger partial charge is 0.488 e. The molecule has 3 heterocycles. The summed E-state index contributed by atoms with van der Waals surface area (Å²) < 4.78 is 34.3. The van der Waals surface area contributed by atoms with Gasteiger partial charge in [-0.2, -0.15) is 0 Å². The van der Waals surface area contributed by atoms with Crippen molar-refractivity contribution in [2.24, 2.45) is 0 Å². The number of benzene rings is 3. The summed E-state index contributed by atoms with van der Waals surface area (Å²) in [6.45, 7) is 10.4. The van der Waals surface area contributed by atoms with E-state index >= 15 is 0 Å². The second-order valence-corrected chi connectivity index (χ2v) is 17.4.